The van der Waals surface area contributed by atoms with Crippen LogP contribution in [0.1, 0.15) is 26.6 Å². The highest BCUT2D eigenvalue weighted by Crippen LogP contribution is 2.23. The molecular formula is C21H30N6O3S. The Kier molecular flexibility index (Phi) is 6.14. The first kappa shape index (κ1) is 21.9. The molecule has 4 rings (SSSR count). The normalized spacial score (nSPS) is 18.9. The van der Waals surface area contributed by atoms with E-state index < -0.39 is 10.0 Å². The predicted molar refractivity (Wildman–Crippen MR) is 119 cm³/mol. The van der Waals surface area contributed by atoms with Crippen LogP contribution in [0.25, 0.3) is 0 Å². The van der Waals surface area contributed by atoms with E-state index in [1.54, 1.807) is 12.1 Å². The maximum Gasteiger partial charge on any atom is 0.244 e. The summed E-state index contributed by atoms with van der Waals surface area (Å²) >= 11 is 0. The lowest BCUT2D eigenvalue weighted by atomic mass is 9.96. The predicted octanol–water partition coefficient (Wildman–Crippen LogP) is 1.52. The monoisotopic (exact) mass is 446 g/mol. The lowest BCUT2D eigenvalue weighted by Crippen LogP contribution is -2.47. The molecule has 0 atom stereocenters. The van der Waals surface area contributed by atoms with Crippen LogP contribution in [0.15, 0.2) is 35.5 Å². The third-order valence-corrected chi connectivity index (χ3v) is 7.45. The molecule has 2 aliphatic rings. The van der Waals surface area contributed by atoms with Crippen molar-refractivity contribution in [1.29, 1.82) is 0 Å². The summed E-state index contributed by atoms with van der Waals surface area (Å²) < 4.78 is 32.3. The fourth-order valence-electron chi connectivity index (χ4n) is 3.70. The molecule has 2 aliphatic heterocycles. The first-order chi connectivity index (χ1) is 14.7. The van der Waals surface area contributed by atoms with Crippen molar-refractivity contribution in [3.05, 3.63) is 36.4 Å². The van der Waals surface area contributed by atoms with Crippen molar-refractivity contribution in [2.24, 2.45) is 0 Å². The zero-order valence-corrected chi connectivity index (χ0v) is 19.2. The molecule has 0 aliphatic carbocycles. The van der Waals surface area contributed by atoms with Crippen molar-refractivity contribution in [3.63, 3.8) is 0 Å². The summed E-state index contributed by atoms with van der Waals surface area (Å²) in [4.78, 5) is 18.3. The van der Waals surface area contributed by atoms with Crippen molar-refractivity contribution in [1.82, 2.24) is 19.3 Å². The Hall–Kier alpha value is -2.30. The maximum absolute atomic E-state index is 12.8. The smallest absolute Gasteiger partial charge is 0.244 e. The molecule has 10 heteroatoms. The van der Waals surface area contributed by atoms with Gasteiger partial charge in [0.05, 0.1) is 13.2 Å². The van der Waals surface area contributed by atoms with E-state index >= 15 is 0 Å². The Balaban J connectivity index is 1.40. The van der Waals surface area contributed by atoms with E-state index in [0.717, 1.165) is 43.6 Å². The second kappa shape index (κ2) is 8.68. The van der Waals surface area contributed by atoms with Gasteiger partial charge in [0, 0.05) is 57.1 Å². The zero-order chi connectivity index (χ0) is 22.1. The van der Waals surface area contributed by atoms with Crippen LogP contribution in [0.2, 0.25) is 0 Å². The molecule has 0 radical (unpaired) electrons. The summed E-state index contributed by atoms with van der Waals surface area (Å²) in [6, 6.07) is 5.40. The van der Waals surface area contributed by atoms with Crippen molar-refractivity contribution < 1.29 is 13.2 Å². The summed E-state index contributed by atoms with van der Waals surface area (Å²) in [7, 11) is -3.52. The molecule has 0 aromatic carbocycles. The topological polar surface area (TPSA) is 91.8 Å². The molecule has 0 unspecified atom stereocenters. The molecule has 0 amide bonds. The summed E-state index contributed by atoms with van der Waals surface area (Å²) in [6.45, 7) is 11.2. The molecule has 0 spiro atoms. The summed E-state index contributed by atoms with van der Waals surface area (Å²) in [5, 5.41) is 0. The van der Waals surface area contributed by atoms with E-state index in [9.17, 15) is 8.42 Å². The second-order valence-electron chi connectivity index (χ2n) is 8.83. The number of piperazine rings is 1. The number of anilines is 2. The van der Waals surface area contributed by atoms with Gasteiger partial charge in [-0.15, -0.1) is 0 Å². The first-order valence-corrected chi connectivity index (χ1v) is 12.1. The molecule has 2 fully saturated rings. The lowest BCUT2D eigenvalue weighted by molar-refractivity contribution is 0.0730. The number of nitrogens with zero attached hydrogens (tertiary/aromatic N) is 6. The minimum absolute atomic E-state index is 0.0922. The van der Waals surface area contributed by atoms with Crippen LogP contribution >= 0.6 is 0 Å². The van der Waals surface area contributed by atoms with Crippen LogP contribution < -0.4 is 9.80 Å². The number of hydrogen-bond donors (Lipinski definition) is 0. The number of morpholine rings is 1. The van der Waals surface area contributed by atoms with Crippen LogP contribution in [0.4, 0.5) is 11.6 Å². The first-order valence-electron chi connectivity index (χ1n) is 10.6. The fraction of sp³-hybridized carbons (Fsp3) is 0.571. The van der Waals surface area contributed by atoms with Gasteiger partial charge < -0.3 is 14.5 Å². The molecule has 2 saturated heterocycles. The van der Waals surface area contributed by atoms with Gasteiger partial charge in [0.2, 0.25) is 10.0 Å². The number of aromatic nitrogens is 3. The number of pyridine rings is 1. The zero-order valence-electron chi connectivity index (χ0n) is 18.4. The van der Waals surface area contributed by atoms with Crippen molar-refractivity contribution in [2.75, 3.05) is 62.3 Å². The Morgan fingerprint density at radius 3 is 2.10 bits per heavy atom. The summed E-state index contributed by atoms with van der Waals surface area (Å²) in [6.07, 6.45) is 3.29. The Morgan fingerprint density at radius 1 is 0.871 bits per heavy atom. The summed E-state index contributed by atoms with van der Waals surface area (Å²) in [5.74, 6) is 2.57. The standard InChI is InChI=1S/C21H30N6O3S/c1-21(2,3)20-22-7-6-19(24-20)26-10-8-25(9-11-26)18-5-4-17(16-23-18)31(28,29)27-12-14-30-15-13-27/h4-7,16H,8-15H2,1-3H3. The number of hydrogen-bond acceptors (Lipinski definition) is 8. The van der Waals surface area contributed by atoms with Crippen LogP contribution in [0, 0.1) is 0 Å². The number of rotatable bonds is 4. The van der Waals surface area contributed by atoms with Crippen molar-refractivity contribution >= 4 is 21.7 Å². The van der Waals surface area contributed by atoms with E-state index in [2.05, 4.69) is 40.5 Å². The van der Waals surface area contributed by atoms with Gasteiger partial charge in [-0.05, 0) is 18.2 Å². The van der Waals surface area contributed by atoms with E-state index in [1.807, 2.05) is 12.3 Å². The SMILES string of the molecule is CC(C)(C)c1nccc(N2CCN(c3ccc(S(=O)(=O)N4CCOCC4)cn3)CC2)n1. The van der Waals surface area contributed by atoms with E-state index in [1.165, 1.54) is 10.5 Å². The maximum atomic E-state index is 12.8. The second-order valence-corrected chi connectivity index (χ2v) is 10.8. The number of ether oxygens (including phenoxy) is 1. The Bertz CT molecular complexity index is 993. The average Bonchev–Trinajstić information content (AvgIpc) is 2.79. The van der Waals surface area contributed by atoms with E-state index in [0.29, 0.717) is 26.3 Å². The van der Waals surface area contributed by atoms with Crippen LogP contribution in [0.5, 0.6) is 0 Å². The molecular weight excluding hydrogens is 416 g/mol. The van der Waals surface area contributed by atoms with E-state index in [4.69, 9.17) is 9.72 Å². The quantitative estimate of drug-likeness (QED) is 0.698. The van der Waals surface area contributed by atoms with Crippen molar-refractivity contribution in [2.45, 2.75) is 31.1 Å². The van der Waals surface area contributed by atoms with E-state index in [-0.39, 0.29) is 10.3 Å². The third kappa shape index (κ3) is 4.81. The minimum atomic E-state index is -3.52. The van der Waals surface area contributed by atoms with Crippen LogP contribution in [-0.2, 0) is 20.2 Å². The van der Waals surface area contributed by atoms with Crippen LogP contribution in [-0.4, -0.2) is 80.2 Å². The molecule has 2 aromatic rings. The van der Waals surface area contributed by atoms with Gasteiger partial charge in [0.15, 0.2) is 0 Å². The van der Waals surface area contributed by atoms with Gasteiger partial charge in [-0.25, -0.2) is 23.4 Å². The largest absolute Gasteiger partial charge is 0.379 e. The molecule has 4 heterocycles. The van der Waals surface area contributed by atoms with Gasteiger partial charge >= 0.3 is 0 Å². The highest BCUT2D eigenvalue weighted by Gasteiger charge is 2.27. The molecule has 0 bridgehead atoms. The van der Waals surface area contributed by atoms with Gasteiger partial charge in [0.25, 0.3) is 0 Å². The molecule has 0 saturated carbocycles. The summed E-state index contributed by atoms with van der Waals surface area (Å²) in [5.41, 5.74) is -0.0922. The molecule has 2 aromatic heterocycles. The van der Waals surface area contributed by atoms with Gasteiger partial charge in [0.1, 0.15) is 22.4 Å². The molecule has 0 N–H and O–H groups in total. The van der Waals surface area contributed by atoms with Crippen molar-refractivity contribution in [3.8, 4) is 0 Å². The molecule has 9 nitrogen and oxygen atoms in total. The Labute approximate surface area is 184 Å². The van der Waals surface area contributed by atoms with Gasteiger partial charge in [-0.2, -0.15) is 4.31 Å². The minimum Gasteiger partial charge on any atom is -0.379 e. The molecule has 168 valence electrons. The lowest BCUT2D eigenvalue weighted by Gasteiger charge is -2.36. The highest BCUT2D eigenvalue weighted by molar-refractivity contribution is 7.89. The third-order valence-electron chi connectivity index (χ3n) is 5.57. The Morgan fingerprint density at radius 2 is 1.52 bits per heavy atom. The van der Waals surface area contributed by atoms with Crippen LogP contribution in [0.3, 0.4) is 0 Å². The average molecular weight is 447 g/mol. The highest BCUT2D eigenvalue weighted by atomic mass is 32.2. The number of sulfonamides is 1. The fourth-order valence-corrected chi connectivity index (χ4v) is 5.05. The van der Waals surface area contributed by atoms with Gasteiger partial charge in [-0.1, -0.05) is 20.8 Å². The molecule has 31 heavy (non-hydrogen) atoms. The van der Waals surface area contributed by atoms with Gasteiger partial charge in [-0.3, -0.25) is 0 Å².